The number of pyridine rings is 2. The molecule has 1 aromatic carbocycles. The molecule has 0 unspecified atom stereocenters. The Labute approximate surface area is 253 Å². The molecule has 3 aliphatic heterocycles. The van der Waals surface area contributed by atoms with E-state index in [9.17, 15) is 14.4 Å². The molecule has 0 saturated carbocycles. The molecule has 3 aliphatic rings. The van der Waals surface area contributed by atoms with Crippen LogP contribution in [0.25, 0.3) is 22.5 Å². The highest BCUT2D eigenvalue weighted by molar-refractivity contribution is 5.96. The van der Waals surface area contributed by atoms with E-state index in [0.717, 1.165) is 74.4 Å². The third-order valence-electron chi connectivity index (χ3n) is 9.30. The monoisotopic (exact) mass is 580 g/mol. The molecule has 3 amide bonds. The fraction of sp³-hybridized carbons (Fsp3) is 0.441. The van der Waals surface area contributed by atoms with E-state index >= 15 is 0 Å². The number of hydrogen-bond donors (Lipinski definition) is 0. The number of piperazine rings is 1. The highest BCUT2D eigenvalue weighted by Crippen LogP contribution is 2.27. The summed E-state index contributed by atoms with van der Waals surface area (Å²) in [7, 11) is 0. The van der Waals surface area contributed by atoms with Crippen LogP contribution in [0, 0.1) is 5.92 Å². The van der Waals surface area contributed by atoms with Crippen LogP contribution in [-0.2, 0) is 9.59 Å². The minimum atomic E-state index is 0.0331. The maximum absolute atomic E-state index is 13.8. The van der Waals surface area contributed by atoms with Crippen molar-refractivity contribution in [1.82, 2.24) is 29.6 Å². The van der Waals surface area contributed by atoms with E-state index in [4.69, 9.17) is 4.98 Å². The topological polar surface area (TPSA) is 90.0 Å². The Hall–Kier alpha value is -4.11. The van der Waals surface area contributed by atoms with Gasteiger partial charge in [-0.3, -0.25) is 24.3 Å². The van der Waals surface area contributed by atoms with E-state index in [-0.39, 0.29) is 23.6 Å². The van der Waals surface area contributed by atoms with E-state index in [1.54, 1.807) is 19.3 Å². The van der Waals surface area contributed by atoms with E-state index in [0.29, 0.717) is 37.8 Å². The van der Waals surface area contributed by atoms with Gasteiger partial charge in [0.15, 0.2) is 0 Å². The summed E-state index contributed by atoms with van der Waals surface area (Å²) in [5.74, 6) is 0.429. The molecule has 9 heteroatoms. The van der Waals surface area contributed by atoms with Crippen LogP contribution in [0.2, 0.25) is 0 Å². The number of aromatic nitrogens is 2. The van der Waals surface area contributed by atoms with Crippen molar-refractivity contribution < 1.29 is 14.4 Å². The van der Waals surface area contributed by atoms with Crippen molar-refractivity contribution in [1.29, 1.82) is 0 Å². The Morgan fingerprint density at radius 1 is 0.674 bits per heavy atom. The first-order chi connectivity index (χ1) is 21.0. The van der Waals surface area contributed by atoms with Crippen LogP contribution in [0.5, 0.6) is 0 Å². The Bertz CT molecular complexity index is 1370. The first-order valence-electron chi connectivity index (χ1n) is 15.5. The lowest BCUT2D eigenvalue weighted by molar-refractivity contribution is -0.141. The molecule has 0 atom stereocenters. The molecule has 3 saturated heterocycles. The summed E-state index contributed by atoms with van der Waals surface area (Å²) in [5.41, 5.74) is 4.09. The smallest absolute Gasteiger partial charge is 0.254 e. The summed E-state index contributed by atoms with van der Waals surface area (Å²) in [4.78, 5) is 55.9. The fourth-order valence-corrected chi connectivity index (χ4v) is 6.71. The molecule has 2 aromatic heterocycles. The number of carbonyl (C=O) groups excluding carboxylic acids is 3. The second-order valence-corrected chi connectivity index (χ2v) is 11.9. The number of piperidine rings is 2. The summed E-state index contributed by atoms with van der Waals surface area (Å²) in [6.07, 6.45) is 6.95. The number of rotatable bonds is 5. The molecule has 9 nitrogen and oxygen atoms in total. The summed E-state index contributed by atoms with van der Waals surface area (Å²) < 4.78 is 0. The Balaban J connectivity index is 1.05. The van der Waals surface area contributed by atoms with Gasteiger partial charge in [-0.15, -0.1) is 0 Å². The Morgan fingerprint density at radius 3 is 1.86 bits per heavy atom. The second kappa shape index (κ2) is 13.0. The van der Waals surface area contributed by atoms with Crippen molar-refractivity contribution >= 4 is 17.7 Å². The van der Waals surface area contributed by atoms with Crippen LogP contribution < -0.4 is 0 Å². The van der Waals surface area contributed by atoms with E-state index < -0.39 is 0 Å². The normalized spacial score (nSPS) is 19.0. The summed E-state index contributed by atoms with van der Waals surface area (Å²) in [5, 5.41) is 0. The van der Waals surface area contributed by atoms with Crippen LogP contribution >= 0.6 is 0 Å². The molecule has 224 valence electrons. The molecule has 0 spiro atoms. The average molecular weight is 581 g/mol. The SMILES string of the molecule is CC(=O)N1CCC(C(=O)N2CCC(N3CCN(C(=O)c4cc(-c5ccccc5)nc(-c5ccncc5)c4)CC3)CC2)CC1. The molecule has 0 bridgehead atoms. The van der Waals surface area contributed by atoms with Crippen molar-refractivity contribution in [2.75, 3.05) is 52.4 Å². The maximum atomic E-state index is 13.8. The lowest BCUT2D eigenvalue weighted by Crippen LogP contribution is -2.55. The van der Waals surface area contributed by atoms with Crippen molar-refractivity contribution in [3.05, 3.63) is 72.6 Å². The van der Waals surface area contributed by atoms with E-state index in [1.807, 2.05) is 69.3 Å². The highest BCUT2D eigenvalue weighted by Gasteiger charge is 2.34. The predicted octanol–water partition coefficient (Wildman–Crippen LogP) is 3.82. The Kier molecular flexibility index (Phi) is 8.79. The zero-order chi connectivity index (χ0) is 29.8. The molecular weight excluding hydrogens is 540 g/mol. The van der Waals surface area contributed by atoms with Crippen LogP contribution in [0.3, 0.4) is 0 Å². The van der Waals surface area contributed by atoms with Gasteiger partial charge in [-0.25, -0.2) is 4.98 Å². The molecule has 3 fully saturated rings. The van der Waals surface area contributed by atoms with Gasteiger partial charge in [-0.2, -0.15) is 0 Å². The second-order valence-electron chi connectivity index (χ2n) is 11.9. The van der Waals surface area contributed by atoms with Crippen LogP contribution in [0.15, 0.2) is 67.0 Å². The molecular formula is C34H40N6O3. The van der Waals surface area contributed by atoms with Gasteiger partial charge in [-0.05, 0) is 49.9 Å². The van der Waals surface area contributed by atoms with Crippen molar-refractivity contribution in [3.8, 4) is 22.5 Å². The molecule has 0 aliphatic carbocycles. The molecule has 5 heterocycles. The van der Waals surface area contributed by atoms with Gasteiger partial charge < -0.3 is 14.7 Å². The van der Waals surface area contributed by atoms with Gasteiger partial charge in [0.1, 0.15) is 0 Å². The summed E-state index contributed by atoms with van der Waals surface area (Å²) in [6, 6.07) is 18.0. The lowest BCUT2D eigenvalue weighted by atomic mass is 9.93. The molecule has 6 rings (SSSR count). The summed E-state index contributed by atoms with van der Waals surface area (Å²) in [6.45, 7) is 7.57. The highest BCUT2D eigenvalue weighted by atomic mass is 16.2. The fourth-order valence-electron chi connectivity index (χ4n) is 6.71. The van der Waals surface area contributed by atoms with Crippen molar-refractivity contribution in [2.24, 2.45) is 5.92 Å². The van der Waals surface area contributed by atoms with Crippen molar-refractivity contribution in [2.45, 2.75) is 38.6 Å². The van der Waals surface area contributed by atoms with Crippen LogP contribution in [0.1, 0.15) is 43.0 Å². The number of hydrogen-bond acceptors (Lipinski definition) is 6. The van der Waals surface area contributed by atoms with Gasteiger partial charge >= 0.3 is 0 Å². The number of amides is 3. The Morgan fingerprint density at radius 2 is 1.26 bits per heavy atom. The third-order valence-corrected chi connectivity index (χ3v) is 9.30. The van der Waals surface area contributed by atoms with Gasteiger partial charge in [0, 0.05) is 100 Å². The largest absolute Gasteiger partial charge is 0.343 e. The lowest BCUT2D eigenvalue weighted by Gasteiger charge is -2.43. The van der Waals surface area contributed by atoms with Crippen molar-refractivity contribution in [3.63, 3.8) is 0 Å². The zero-order valence-corrected chi connectivity index (χ0v) is 24.9. The van der Waals surface area contributed by atoms with Gasteiger partial charge in [0.05, 0.1) is 11.4 Å². The minimum Gasteiger partial charge on any atom is -0.343 e. The number of carbonyl (C=O) groups is 3. The van der Waals surface area contributed by atoms with Gasteiger partial charge in [-0.1, -0.05) is 30.3 Å². The summed E-state index contributed by atoms with van der Waals surface area (Å²) >= 11 is 0. The first kappa shape index (κ1) is 29.0. The third kappa shape index (κ3) is 6.62. The van der Waals surface area contributed by atoms with Crippen LogP contribution in [-0.4, -0.2) is 106 Å². The quantitative estimate of drug-likeness (QED) is 0.456. The predicted molar refractivity (Wildman–Crippen MR) is 165 cm³/mol. The molecule has 0 radical (unpaired) electrons. The molecule has 43 heavy (non-hydrogen) atoms. The standard InChI is InChI=1S/C34H40N6O3/c1-25(41)37-15-9-28(10-16-37)33(42)39-17-11-30(12-18-39)38-19-21-40(22-20-38)34(43)29-23-31(26-5-3-2-4-6-26)36-32(24-29)27-7-13-35-14-8-27/h2-8,13-14,23-24,28,30H,9-12,15-22H2,1H3. The number of nitrogens with zero attached hydrogens (tertiary/aromatic N) is 6. The average Bonchev–Trinajstić information content (AvgIpc) is 3.08. The first-order valence-corrected chi connectivity index (χ1v) is 15.5. The van der Waals surface area contributed by atoms with Gasteiger partial charge in [0.25, 0.3) is 5.91 Å². The number of likely N-dealkylation sites (tertiary alicyclic amines) is 2. The maximum Gasteiger partial charge on any atom is 0.254 e. The zero-order valence-electron chi connectivity index (χ0n) is 24.9. The minimum absolute atomic E-state index is 0.0331. The molecule has 3 aromatic rings. The number of benzene rings is 1. The molecule has 0 N–H and O–H groups in total. The van der Waals surface area contributed by atoms with E-state index in [1.165, 1.54) is 0 Å². The van der Waals surface area contributed by atoms with E-state index in [2.05, 4.69) is 9.88 Å². The van der Waals surface area contributed by atoms with Crippen LogP contribution in [0.4, 0.5) is 0 Å². The van der Waals surface area contributed by atoms with Gasteiger partial charge in [0.2, 0.25) is 11.8 Å².